The molecule has 3 rings (SSSR count). The van der Waals surface area contributed by atoms with E-state index in [4.69, 9.17) is 4.74 Å². The molecule has 0 saturated heterocycles. The smallest absolute Gasteiger partial charge is 0.441 e. The number of thiophene rings is 1. The van der Waals surface area contributed by atoms with Crippen LogP contribution >= 0.6 is 11.3 Å². The van der Waals surface area contributed by atoms with Gasteiger partial charge in [0, 0.05) is 22.8 Å². The fourth-order valence-electron chi connectivity index (χ4n) is 3.32. The van der Waals surface area contributed by atoms with E-state index in [2.05, 4.69) is 10.3 Å². The number of nitrogens with zero attached hydrogens (tertiary/aromatic N) is 2. The molecule has 0 spiro atoms. The standard InChI is InChI=1S/C20H19F3N4O3S/c1-2-30-18(29)19(20(21,22)23,26-16(28)12-7-9-25-10-8-12)27-17-14(11-24)13-5-3-4-6-15(13)31-17/h7-10,27H,2-6H2,1H3,(H,26,28)/t19-/m1/s1. The molecule has 1 amide bonds. The average Bonchev–Trinajstić information content (AvgIpc) is 3.09. The molecule has 31 heavy (non-hydrogen) atoms. The van der Waals surface area contributed by atoms with Crippen LogP contribution in [0.3, 0.4) is 0 Å². The predicted molar refractivity (Wildman–Crippen MR) is 106 cm³/mol. The van der Waals surface area contributed by atoms with Gasteiger partial charge in [-0.2, -0.15) is 18.4 Å². The lowest BCUT2D eigenvalue weighted by atomic mass is 9.96. The first-order valence-corrected chi connectivity index (χ1v) is 10.3. The van der Waals surface area contributed by atoms with E-state index in [9.17, 15) is 28.0 Å². The van der Waals surface area contributed by atoms with Crippen molar-refractivity contribution < 1.29 is 27.5 Å². The number of carbonyl (C=O) groups excluding carboxylic acids is 2. The van der Waals surface area contributed by atoms with Crippen molar-refractivity contribution >= 4 is 28.2 Å². The Balaban J connectivity index is 2.09. The Morgan fingerprint density at radius 2 is 1.94 bits per heavy atom. The van der Waals surface area contributed by atoms with Crippen LogP contribution in [0.2, 0.25) is 0 Å². The summed E-state index contributed by atoms with van der Waals surface area (Å²) in [6.45, 7) is 1.02. The number of anilines is 1. The normalized spacial score (nSPS) is 15.2. The topological polar surface area (TPSA) is 104 Å². The number of carbonyl (C=O) groups is 2. The van der Waals surface area contributed by atoms with E-state index in [1.807, 2.05) is 6.07 Å². The van der Waals surface area contributed by atoms with Gasteiger partial charge in [0.2, 0.25) is 0 Å². The van der Waals surface area contributed by atoms with Gasteiger partial charge < -0.3 is 15.4 Å². The number of nitriles is 1. The van der Waals surface area contributed by atoms with Gasteiger partial charge in [-0.05, 0) is 50.3 Å². The predicted octanol–water partition coefficient (Wildman–Crippen LogP) is 3.56. The Morgan fingerprint density at radius 1 is 1.26 bits per heavy atom. The SMILES string of the molecule is CCOC(=O)[C@@](NC(=O)c1ccncc1)(Nc1sc2c(c1C#N)CCCC2)C(F)(F)F. The number of aromatic nitrogens is 1. The van der Waals surface area contributed by atoms with Crippen LogP contribution in [0, 0.1) is 11.3 Å². The van der Waals surface area contributed by atoms with Gasteiger partial charge in [-0.3, -0.25) is 9.78 Å². The number of halogens is 3. The number of ether oxygens (including phenoxy) is 1. The summed E-state index contributed by atoms with van der Waals surface area (Å²) < 4.78 is 47.8. The van der Waals surface area contributed by atoms with Crippen LogP contribution in [0.5, 0.6) is 0 Å². The summed E-state index contributed by atoms with van der Waals surface area (Å²) >= 11 is 0.985. The number of nitrogens with one attached hydrogen (secondary N) is 2. The van der Waals surface area contributed by atoms with Crippen LogP contribution in [0.15, 0.2) is 24.5 Å². The van der Waals surface area contributed by atoms with Gasteiger partial charge in [-0.25, -0.2) is 4.79 Å². The van der Waals surface area contributed by atoms with E-state index in [-0.39, 0.29) is 22.7 Å². The summed E-state index contributed by atoms with van der Waals surface area (Å²) in [6, 6.07) is 4.37. The van der Waals surface area contributed by atoms with Crippen molar-refractivity contribution in [2.45, 2.75) is 44.4 Å². The number of esters is 1. The minimum absolute atomic E-state index is 0.0517. The summed E-state index contributed by atoms with van der Waals surface area (Å²) in [6.07, 6.45) is 0.0828. The Labute approximate surface area is 180 Å². The summed E-state index contributed by atoms with van der Waals surface area (Å²) in [5.74, 6) is -2.87. The van der Waals surface area contributed by atoms with Crippen LogP contribution in [-0.4, -0.2) is 35.3 Å². The van der Waals surface area contributed by atoms with Gasteiger partial charge in [0.1, 0.15) is 11.1 Å². The van der Waals surface area contributed by atoms with Crippen LogP contribution in [0.25, 0.3) is 0 Å². The zero-order valence-corrected chi connectivity index (χ0v) is 17.3. The molecule has 1 aliphatic rings. The molecule has 0 saturated carbocycles. The third-order valence-corrected chi connectivity index (χ3v) is 6.04. The number of alkyl halides is 3. The third-order valence-electron chi connectivity index (χ3n) is 4.83. The van der Waals surface area contributed by atoms with Crippen molar-refractivity contribution in [3.05, 3.63) is 46.1 Å². The third kappa shape index (κ3) is 4.34. The number of pyridine rings is 1. The number of fused-ring (bicyclic) bond motifs is 1. The van der Waals surface area contributed by atoms with E-state index in [0.29, 0.717) is 18.4 Å². The minimum atomic E-state index is -5.28. The molecule has 1 atom stereocenters. The molecule has 0 bridgehead atoms. The molecule has 0 aliphatic heterocycles. The van der Waals surface area contributed by atoms with Crippen LogP contribution in [0.4, 0.5) is 18.2 Å². The van der Waals surface area contributed by atoms with Crippen molar-refractivity contribution in [1.82, 2.24) is 10.3 Å². The molecular formula is C20H19F3N4O3S. The summed E-state index contributed by atoms with van der Waals surface area (Å²) in [5, 5.41) is 13.4. The molecule has 7 nitrogen and oxygen atoms in total. The Kier molecular flexibility index (Phi) is 6.50. The van der Waals surface area contributed by atoms with Crippen molar-refractivity contribution in [1.29, 1.82) is 5.26 Å². The Hall–Kier alpha value is -3.13. The molecule has 0 fully saturated rings. The molecule has 2 N–H and O–H groups in total. The maximum atomic E-state index is 14.4. The summed E-state index contributed by atoms with van der Waals surface area (Å²) in [4.78, 5) is 29.7. The van der Waals surface area contributed by atoms with Crippen LogP contribution in [-0.2, 0) is 22.4 Å². The molecule has 0 unspecified atom stereocenters. The van der Waals surface area contributed by atoms with E-state index in [1.165, 1.54) is 31.5 Å². The van der Waals surface area contributed by atoms with E-state index in [1.54, 1.807) is 5.32 Å². The zero-order chi connectivity index (χ0) is 22.6. The van der Waals surface area contributed by atoms with Crippen molar-refractivity contribution in [2.24, 2.45) is 0 Å². The second-order valence-electron chi connectivity index (χ2n) is 6.81. The lowest BCUT2D eigenvalue weighted by Gasteiger charge is -2.35. The number of hydrogen-bond donors (Lipinski definition) is 2. The lowest BCUT2D eigenvalue weighted by Crippen LogP contribution is -2.69. The van der Waals surface area contributed by atoms with E-state index in [0.717, 1.165) is 29.1 Å². The fourth-order valence-corrected chi connectivity index (χ4v) is 4.61. The average molecular weight is 452 g/mol. The van der Waals surface area contributed by atoms with Crippen molar-refractivity contribution in [2.75, 3.05) is 11.9 Å². The first-order valence-electron chi connectivity index (χ1n) is 9.52. The van der Waals surface area contributed by atoms with Gasteiger partial charge in [0.25, 0.3) is 5.91 Å². The quantitative estimate of drug-likeness (QED) is 0.513. The van der Waals surface area contributed by atoms with Crippen molar-refractivity contribution in [3.8, 4) is 6.07 Å². The molecule has 11 heteroatoms. The molecule has 0 radical (unpaired) electrons. The molecule has 2 aromatic rings. The second-order valence-corrected chi connectivity index (χ2v) is 7.92. The van der Waals surface area contributed by atoms with Crippen LogP contribution in [0.1, 0.15) is 46.1 Å². The monoisotopic (exact) mass is 452 g/mol. The van der Waals surface area contributed by atoms with Gasteiger partial charge in [-0.15, -0.1) is 11.3 Å². The van der Waals surface area contributed by atoms with Crippen LogP contribution < -0.4 is 10.6 Å². The van der Waals surface area contributed by atoms with E-state index >= 15 is 0 Å². The zero-order valence-electron chi connectivity index (χ0n) is 16.5. The Morgan fingerprint density at radius 3 is 2.55 bits per heavy atom. The van der Waals surface area contributed by atoms with Gasteiger partial charge in [0.05, 0.1) is 12.2 Å². The van der Waals surface area contributed by atoms with Gasteiger partial charge in [-0.1, -0.05) is 0 Å². The number of amides is 1. The molecule has 164 valence electrons. The maximum absolute atomic E-state index is 14.4. The summed E-state index contributed by atoms with van der Waals surface area (Å²) in [5.41, 5.74) is -2.97. The highest BCUT2D eigenvalue weighted by Crippen LogP contribution is 2.41. The van der Waals surface area contributed by atoms with Crippen molar-refractivity contribution in [3.63, 3.8) is 0 Å². The summed E-state index contributed by atoms with van der Waals surface area (Å²) in [7, 11) is 0. The highest BCUT2D eigenvalue weighted by Gasteiger charge is 2.64. The highest BCUT2D eigenvalue weighted by molar-refractivity contribution is 7.16. The largest absolute Gasteiger partial charge is 0.463 e. The second kappa shape index (κ2) is 8.93. The molecule has 1 aliphatic carbocycles. The van der Waals surface area contributed by atoms with Gasteiger partial charge in [0.15, 0.2) is 0 Å². The Bertz CT molecular complexity index is 1020. The first kappa shape index (κ1) is 22.6. The maximum Gasteiger partial charge on any atom is 0.441 e. The van der Waals surface area contributed by atoms with Gasteiger partial charge >= 0.3 is 17.8 Å². The number of rotatable bonds is 6. The first-order chi connectivity index (χ1) is 14.7. The molecule has 2 aromatic heterocycles. The highest BCUT2D eigenvalue weighted by atomic mass is 32.1. The number of hydrogen-bond acceptors (Lipinski definition) is 7. The van der Waals surface area contributed by atoms with E-state index < -0.39 is 23.7 Å². The minimum Gasteiger partial charge on any atom is -0.463 e. The fraction of sp³-hybridized carbons (Fsp3) is 0.400. The molecule has 0 aromatic carbocycles. The number of aryl methyl sites for hydroxylation is 1. The molecular weight excluding hydrogens is 433 g/mol. The molecule has 2 heterocycles. The lowest BCUT2D eigenvalue weighted by molar-refractivity contribution is -0.204.